The number of hydrogen-bond donors (Lipinski definition) is 0. The van der Waals surface area contributed by atoms with Crippen LogP contribution in [0.15, 0.2) is 0 Å². The van der Waals surface area contributed by atoms with E-state index in [9.17, 15) is 0 Å². The van der Waals surface area contributed by atoms with E-state index in [4.69, 9.17) is 0 Å². The van der Waals surface area contributed by atoms with Gasteiger partial charge in [-0.25, -0.2) is 0 Å². The first kappa shape index (κ1) is 22.3. The molecule has 0 saturated heterocycles. The average molecular weight is 352 g/mol. The molecule has 0 amide bonds. The summed E-state index contributed by atoms with van der Waals surface area (Å²) < 4.78 is 0. The fourth-order valence-corrected chi connectivity index (χ4v) is 91.1. The zero-order chi connectivity index (χ0) is 11.1. The van der Waals surface area contributed by atoms with Crippen molar-refractivity contribution in [2.24, 2.45) is 0 Å². The topological polar surface area (TPSA) is 0 Å². The molecule has 0 rings (SSSR count). The van der Waals surface area contributed by atoms with Gasteiger partial charge in [0.1, 0.15) is 0 Å². The van der Waals surface area contributed by atoms with Gasteiger partial charge >= 0.3 is 23.1 Å². The first-order valence-corrected chi connectivity index (χ1v) is 20.2. The van der Waals surface area contributed by atoms with E-state index in [1.165, 1.54) is 0 Å². The van der Waals surface area contributed by atoms with Gasteiger partial charge in [-0.3, -0.25) is 7.35 Å². The molecule has 0 aliphatic heterocycles. The van der Waals surface area contributed by atoms with E-state index in [0.29, 0.717) is 0 Å². The normalized spacial score (nSPS) is 13.2. The predicted octanol–water partition coefficient (Wildman–Crippen LogP) is 0.354. The molecule has 0 saturated carbocycles. The predicted molar refractivity (Wildman–Crippen MR) is 81.5 cm³/mol. The summed E-state index contributed by atoms with van der Waals surface area (Å²) in [7, 11) is -2.47. The maximum atomic E-state index is 2.61. The minimum atomic E-state index is -0.832. The van der Waals surface area contributed by atoms with Crippen LogP contribution in [-0.4, -0.2) is 53.2 Å². The van der Waals surface area contributed by atoms with Crippen LogP contribution < -0.4 is 17.0 Å². The van der Waals surface area contributed by atoms with Crippen LogP contribution in [-0.2, 0) is 0 Å². The quantitative estimate of drug-likeness (QED) is 0.644. The van der Waals surface area contributed by atoms with Gasteiger partial charge < -0.3 is 17.0 Å². The molecule has 0 aromatic rings. The van der Waals surface area contributed by atoms with Gasteiger partial charge in [0.25, 0.3) is 0 Å². The Morgan fingerprint density at radius 2 is 0.667 bits per heavy atom. The Kier molecular flexibility index (Phi) is 10.2. The molecule has 0 aromatic heterocycles. The van der Waals surface area contributed by atoms with Gasteiger partial charge in [-0.1, -0.05) is 58.9 Å². The van der Waals surface area contributed by atoms with E-state index in [0.717, 1.165) is 0 Å². The van der Waals surface area contributed by atoms with Gasteiger partial charge in [0.05, 0.1) is 0 Å². The molecular weight excluding hydrogens is 325 g/mol. The molecule has 0 unspecified atom stereocenters. The molecule has 0 N–H and O–H groups in total. The van der Waals surface area contributed by atoms with Crippen molar-refractivity contribution in [3.8, 4) is 0 Å². The Balaban J connectivity index is -0.000000720. The van der Waals surface area contributed by atoms with Crippen LogP contribution in [0, 0.1) is 0 Å². The van der Waals surface area contributed by atoms with Crippen molar-refractivity contribution < 1.29 is 17.0 Å². The Morgan fingerprint density at radius 1 is 0.533 bits per heavy atom. The van der Waals surface area contributed by atoms with Crippen LogP contribution >= 0.6 is 0 Å². The van der Waals surface area contributed by atoms with Gasteiger partial charge in [0.15, 0.2) is 0 Å². The van der Waals surface area contributed by atoms with Crippen LogP contribution in [0.3, 0.4) is 0 Å². The molecule has 88 valence electrons. The zero-order valence-electron chi connectivity index (χ0n) is 12.1. The molecule has 0 aliphatic rings. The van der Waals surface area contributed by atoms with Crippen molar-refractivity contribution in [3.63, 3.8) is 0 Å². The van der Waals surface area contributed by atoms with Gasteiger partial charge in [0, 0.05) is 0 Å². The van der Waals surface area contributed by atoms with Gasteiger partial charge in [-0.2, -0.15) is 0 Å². The molecular formula is C9H27BrMgSi4. The minimum Gasteiger partial charge on any atom is -1.00 e. The second-order valence-electron chi connectivity index (χ2n) is 7.12. The second-order valence-corrected chi connectivity index (χ2v) is 43.9. The Labute approximate surface area is 128 Å². The van der Waals surface area contributed by atoms with Crippen LogP contribution in [0.2, 0.25) is 58.9 Å². The van der Waals surface area contributed by atoms with Crippen molar-refractivity contribution >= 4 is 53.2 Å². The van der Waals surface area contributed by atoms with Crippen molar-refractivity contribution in [3.05, 3.63) is 0 Å². The fourth-order valence-electron chi connectivity index (χ4n) is 3.38. The summed E-state index contributed by atoms with van der Waals surface area (Å²) in [5, 5.41) is 0. The van der Waals surface area contributed by atoms with Crippen LogP contribution in [0.25, 0.3) is 0 Å². The molecule has 15 heavy (non-hydrogen) atoms. The zero-order valence-corrected chi connectivity index (χ0v) is 19.1. The van der Waals surface area contributed by atoms with E-state index in [-0.39, 0.29) is 47.4 Å². The third kappa shape index (κ3) is 7.93. The van der Waals surface area contributed by atoms with Gasteiger partial charge in [-0.05, 0) is 0 Å². The largest absolute Gasteiger partial charge is 2.00 e. The average Bonchev–Trinajstić information content (AvgIpc) is 1.44. The second kappa shape index (κ2) is 6.89. The van der Waals surface area contributed by atoms with Crippen LogP contribution in [0.4, 0.5) is 0 Å². The van der Waals surface area contributed by atoms with Gasteiger partial charge in [-0.15, -0.1) is 22.8 Å². The monoisotopic (exact) mass is 350 g/mol. The molecule has 0 fully saturated rings. The van der Waals surface area contributed by atoms with E-state index >= 15 is 0 Å². The molecule has 6 heteroatoms. The van der Waals surface area contributed by atoms with Crippen LogP contribution in [0.5, 0.6) is 0 Å². The Morgan fingerprint density at radius 3 is 0.667 bits per heavy atom. The van der Waals surface area contributed by atoms with Gasteiger partial charge in [0.2, 0.25) is 0 Å². The minimum absolute atomic E-state index is 0. The number of rotatable bonds is 3. The third-order valence-electron chi connectivity index (χ3n) is 2.25. The van der Waals surface area contributed by atoms with Crippen molar-refractivity contribution in [1.29, 1.82) is 0 Å². The van der Waals surface area contributed by atoms with Crippen molar-refractivity contribution in [1.82, 2.24) is 0 Å². The Hall–Kier alpha value is 2.11. The first-order chi connectivity index (χ1) is 5.37. The number of hydrogen-bond acceptors (Lipinski definition) is 0. The maximum absolute atomic E-state index is 2.61. The summed E-state index contributed by atoms with van der Waals surface area (Å²) in [6, 6.07) is 0. The molecule has 0 aromatic carbocycles. The van der Waals surface area contributed by atoms with E-state index in [1.807, 2.05) is 0 Å². The SMILES string of the molecule is C[Si](C)(C)[Si-]([Si](C)(C)C)[Si](C)(C)C.[Br-].[Mg+2]. The van der Waals surface area contributed by atoms with E-state index < -0.39 is 22.8 Å². The summed E-state index contributed by atoms with van der Waals surface area (Å²) in [4.78, 5) is 0. The summed E-state index contributed by atoms with van der Waals surface area (Å²) in [5.74, 6) is 0. The molecule has 0 bridgehead atoms. The van der Waals surface area contributed by atoms with Crippen molar-refractivity contribution in [2.75, 3.05) is 0 Å². The molecule has 0 heterocycles. The standard InChI is InChI=1S/C9H27Si4.BrH.Mg/c1-11(2,3)10(12(4,5)6)13(7,8)9;;/h1-9H3;1H;/q-1;;+2/p-1. The first-order valence-electron chi connectivity index (χ1n) is 5.25. The summed E-state index contributed by atoms with van der Waals surface area (Å²) in [6.45, 7) is 23.5. The van der Waals surface area contributed by atoms with E-state index in [1.54, 1.807) is 0 Å². The molecule has 0 atom stereocenters. The fraction of sp³-hybridized carbons (Fsp3) is 1.00. The smallest absolute Gasteiger partial charge is 1.00 e. The summed E-state index contributed by atoms with van der Waals surface area (Å²) >= 11 is 0. The molecule has 0 radical (unpaired) electrons. The summed E-state index contributed by atoms with van der Waals surface area (Å²) in [6.07, 6.45) is 0. The van der Waals surface area contributed by atoms with Crippen LogP contribution in [0.1, 0.15) is 0 Å². The number of halogens is 1. The third-order valence-corrected chi connectivity index (χ3v) is 60.8. The van der Waals surface area contributed by atoms with E-state index in [2.05, 4.69) is 58.9 Å². The molecule has 0 spiro atoms. The molecule has 0 nitrogen and oxygen atoms in total. The summed E-state index contributed by atoms with van der Waals surface area (Å²) in [5.41, 5.74) is 0. The van der Waals surface area contributed by atoms with Crippen molar-refractivity contribution in [2.45, 2.75) is 58.9 Å². The molecule has 0 aliphatic carbocycles. The Bertz CT molecular complexity index is 145. The maximum Gasteiger partial charge on any atom is 2.00 e.